The summed E-state index contributed by atoms with van der Waals surface area (Å²) in [7, 11) is 1.60. The summed E-state index contributed by atoms with van der Waals surface area (Å²) >= 11 is 0. The number of halogens is 1. The van der Waals surface area contributed by atoms with Gasteiger partial charge in [0, 0.05) is 61.9 Å². The van der Waals surface area contributed by atoms with Gasteiger partial charge in [0.05, 0.1) is 12.6 Å². The largest absolute Gasteiger partial charge is 0.461 e. The predicted octanol–water partition coefficient (Wildman–Crippen LogP) is 4.96. The predicted molar refractivity (Wildman–Crippen MR) is 162 cm³/mol. The molecule has 1 aliphatic heterocycles. The molecule has 1 amide bonds. The molecule has 5 rings (SSSR count). The molecule has 3 aromatic rings. The first-order valence-electron chi connectivity index (χ1n) is 15.4. The summed E-state index contributed by atoms with van der Waals surface area (Å²) in [5.41, 5.74) is 8.96. The molecule has 43 heavy (non-hydrogen) atoms. The van der Waals surface area contributed by atoms with Crippen LogP contribution < -0.4 is 5.73 Å². The maximum Gasteiger partial charge on any atom is 0.354 e. The zero-order chi connectivity index (χ0) is 30.3. The molecule has 3 atom stereocenters. The standard InChI is InChI=1S/C34H42FN3O5/c1-42-16-5-17-43-34(41)30-20-26-18-22(8-13-29(26)37-30)19-31(39)32-27(23-6-3-2-4-7-23)14-15-38(32)33(40)25-11-9-24(10-12-25)28(36)21-35/h2-4,6-8,13,18,20,24-25,27-28,32,37H,5,9-12,14-17,19,21,36H2,1H3/t24?,25?,27-,28?,32+/m1/s1. The van der Waals surface area contributed by atoms with Crippen molar-refractivity contribution < 1.29 is 28.2 Å². The van der Waals surface area contributed by atoms with E-state index in [4.69, 9.17) is 15.2 Å². The average Bonchev–Trinajstić information content (AvgIpc) is 3.68. The van der Waals surface area contributed by atoms with E-state index in [1.54, 1.807) is 13.2 Å². The summed E-state index contributed by atoms with van der Waals surface area (Å²) in [6.07, 6.45) is 4.32. The van der Waals surface area contributed by atoms with Crippen LogP contribution in [0.5, 0.6) is 0 Å². The van der Waals surface area contributed by atoms with Crippen molar-refractivity contribution in [2.24, 2.45) is 17.6 Å². The van der Waals surface area contributed by atoms with E-state index in [0.717, 1.165) is 41.3 Å². The van der Waals surface area contributed by atoms with Crippen molar-refractivity contribution in [1.82, 2.24) is 9.88 Å². The van der Waals surface area contributed by atoms with Gasteiger partial charge in [0.1, 0.15) is 12.4 Å². The van der Waals surface area contributed by atoms with Crippen LogP contribution in [0.2, 0.25) is 0 Å². The highest BCUT2D eigenvalue weighted by Gasteiger charge is 2.44. The number of H-pyrrole nitrogens is 1. The average molecular weight is 592 g/mol. The van der Waals surface area contributed by atoms with E-state index in [9.17, 15) is 18.8 Å². The molecule has 3 N–H and O–H groups in total. The Morgan fingerprint density at radius 1 is 1.02 bits per heavy atom. The van der Waals surface area contributed by atoms with Crippen LogP contribution in [-0.2, 0) is 25.5 Å². The lowest BCUT2D eigenvalue weighted by molar-refractivity contribution is -0.142. The Bertz CT molecular complexity index is 1400. The number of methoxy groups -OCH3 is 1. The molecule has 2 fully saturated rings. The zero-order valence-corrected chi connectivity index (χ0v) is 24.8. The van der Waals surface area contributed by atoms with E-state index in [2.05, 4.69) is 4.98 Å². The van der Waals surface area contributed by atoms with Crippen LogP contribution in [0.4, 0.5) is 4.39 Å². The maximum atomic E-state index is 14.1. The van der Waals surface area contributed by atoms with Gasteiger partial charge in [0.15, 0.2) is 5.78 Å². The number of benzene rings is 2. The fraction of sp³-hybridized carbons (Fsp3) is 0.500. The van der Waals surface area contributed by atoms with Gasteiger partial charge in [0.25, 0.3) is 0 Å². The molecule has 2 aliphatic rings. The number of ketones is 1. The number of rotatable bonds is 12. The number of fused-ring (bicyclic) bond motifs is 1. The number of hydrogen-bond donors (Lipinski definition) is 2. The highest BCUT2D eigenvalue weighted by atomic mass is 19.1. The summed E-state index contributed by atoms with van der Waals surface area (Å²) in [5, 5.41) is 0.816. The highest BCUT2D eigenvalue weighted by Crippen LogP contribution is 2.38. The summed E-state index contributed by atoms with van der Waals surface area (Å²) in [4.78, 5) is 45.3. The minimum atomic E-state index is -0.555. The first-order valence-corrected chi connectivity index (χ1v) is 15.4. The number of hydrogen-bond acceptors (Lipinski definition) is 6. The molecule has 1 aliphatic carbocycles. The molecule has 1 aromatic heterocycles. The number of aromatic nitrogens is 1. The Hall–Kier alpha value is -3.56. The van der Waals surface area contributed by atoms with Gasteiger partial charge >= 0.3 is 5.97 Å². The van der Waals surface area contributed by atoms with E-state index in [1.165, 1.54) is 0 Å². The number of nitrogens with one attached hydrogen (secondary N) is 1. The highest BCUT2D eigenvalue weighted by molar-refractivity contribution is 5.96. The van der Waals surface area contributed by atoms with E-state index >= 15 is 0 Å². The Morgan fingerprint density at radius 2 is 1.79 bits per heavy atom. The van der Waals surface area contributed by atoms with Crippen molar-refractivity contribution in [2.45, 2.75) is 62.9 Å². The van der Waals surface area contributed by atoms with Crippen LogP contribution >= 0.6 is 0 Å². The lowest BCUT2D eigenvalue weighted by Crippen LogP contribution is -2.47. The van der Waals surface area contributed by atoms with Gasteiger partial charge in [-0.05, 0) is 67.3 Å². The summed E-state index contributed by atoms with van der Waals surface area (Å²) < 4.78 is 23.4. The van der Waals surface area contributed by atoms with Crippen LogP contribution in [-0.4, -0.2) is 73.2 Å². The van der Waals surface area contributed by atoms with Crippen LogP contribution in [0, 0.1) is 11.8 Å². The van der Waals surface area contributed by atoms with Crippen molar-refractivity contribution in [3.63, 3.8) is 0 Å². The quantitative estimate of drug-likeness (QED) is 0.227. The van der Waals surface area contributed by atoms with Crippen LogP contribution in [0.1, 0.15) is 66.1 Å². The van der Waals surface area contributed by atoms with Gasteiger partial charge in [0.2, 0.25) is 5.91 Å². The third kappa shape index (κ3) is 7.16. The minimum Gasteiger partial charge on any atom is -0.461 e. The number of esters is 1. The number of amides is 1. The van der Waals surface area contributed by atoms with Gasteiger partial charge in [-0.15, -0.1) is 0 Å². The third-order valence-corrected chi connectivity index (χ3v) is 9.15. The van der Waals surface area contributed by atoms with Gasteiger partial charge in [-0.1, -0.05) is 36.4 Å². The molecule has 2 heterocycles. The lowest BCUT2D eigenvalue weighted by atomic mass is 9.78. The molecular formula is C34H42FN3O5. The maximum absolute atomic E-state index is 14.1. The molecule has 230 valence electrons. The second kappa shape index (κ2) is 14.3. The normalized spacial score (nSPS) is 22.9. The van der Waals surface area contributed by atoms with Gasteiger partial charge in [-0.2, -0.15) is 0 Å². The number of ether oxygens (including phenoxy) is 2. The SMILES string of the molecule is COCCCOC(=O)c1cc2cc(CC(=O)[C@@H]3[C@@H](c4ccccc4)CCN3C(=O)C3CCC(C(N)CF)CC3)ccc2[nH]1. The van der Waals surface area contributed by atoms with E-state index in [0.29, 0.717) is 38.1 Å². The Balaban J connectivity index is 1.31. The van der Waals surface area contributed by atoms with Gasteiger partial charge in [-0.3, -0.25) is 9.59 Å². The first-order chi connectivity index (χ1) is 20.9. The minimum absolute atomic E-state index is 0.000465. The van der Waals surface area contributed by atoms with Crippen LogP contribution in [0.15, 0.2) is 54.6 Å². The van der Waals surface area contributed by atoms with Gasteiger partial charge < -0.3 is 25.1 Å². The Morgan fingerprint density at radius 3 is 2.51 bits per heavy atom. The second-order valence-electron chi connectivity index (χ2n) is 11.9. The number of alkyl halides is 1. The molecule has 1 saturated carbocycles. The van der Waals surface area contributed by atoms with E-state index in [1.807, 2.05) is 53.4 Å². The van der Waals surface area contributed by atoms with Crippen molar-refractivity contribution in [3.05, 3.63) is 71.4 Å². The number of carbonyl (C=O) groups excluding carboxylic acids is 3. The molecule has 8 nitrogen and oxygen atoms in total. The lowest BCUT2D eigenvalue weighted by Gasteiger charge is -2.35. The van der Waals surface area contributed by atoms with Crippen LogP contribution in [0.3, 0.4) is 0 Å². The molecule has 9 heteroatoms. The number of nitrogens with zero attached hydrogens (tertiary/aromatic N) is 1. The van der Waals surface area contributed by atoms with Crippen LogP contribution in [0.25, 0.3) is 10.9 Å². The molecule has 0 spiro atoms. The van der Waals surface area contributed by atoms with Crippen molar-refractivity contribution in [2.75, 3.05) is 33.5 Å². The van der Waals surface area contributed by atoms with Crippen molar-refractivity contribution in [3.8, 4) is 0 Å². The third-order valence-electron chi connectivity index (χ3n) is 9.15. The number of nitrogens with two attached hydrogens (primary N) is 1. The fourth-order valence-corrected chi connectivity index (χ4v) is 6.80. The Labute approximate surface area is 252 Å². The fourth-order valence-electron chi connectivity index (χ4n) is 6.80. The van der Waals surface area contributed by atoms with Crippen molar-refractivity contribution >= 4 is 28.6 Å². The summed E-state index contributed by atoms with van der Waals surface area (Å²) in [6, 6.07) is 16.3. The summed E-state index contributed by atoms with van der Waals surface area (Å²) in [5.74, 6) is -0.555. The molecule has 0 bridgehead atoms. The molecule has 0 radical (unpaired) electrons. The van der Waals surface area contributed by atoms with E-state index < -0.39 is 24.7 Å². The first kappa shape index (κ1) is 30.9. The van der Waals surface area contributed by atoms with Crippen molar-refractivity contribution in [1.29, 1.82) is 0 Å². The number of aromatic amines is 1. The number of Topliss-reactive ketones (excluding diaryl/α,β-unsaturated/α-hetero) is 1. The summed E-state index contributed by atoms with van der Waals surface area (Å²) in [6.45, 7) is 0.779. The molecule has 1 unspecified atom stereocenters. The second-order valence-corrected chi connectivity index (χ2v) is 11.9. The zero-order valence-electron chi connectivity index (χ0n) is 24.8. The smallest absolute Gasteiger partial charge is 0.354 e. The molecular weight excluding hydrogens is 549 g/mol. The molecule has 2 aromatic carbocycles. The van der Waals surface area contributed by atoms with Gasteiger partial charge in [-0.25, -0.2) is 9.18 Å². The monoisotopic (exact) mass is 591 g/mol. The topological polar surface area (TPSA) is 115 Å². The number of carbonyl (C=O) groups is 3. The Kier molecular flexibility index (Phi) is 10.3. The van der Waals surface area contributed by atoms with E-state index in [-0.39, 0.29) is 42.5 Å². The molecule has 1 saturated heterocycles. The number of likely N-dealkylation sites (tertiary alicyclic amines) is 1.